The number of nitrogens with zero attached hydrogens (tertiary/aromatic N) is 5. The van der Waals surface area contributed by atoms with Crippen molar-refractivity contribution in [3.05, 3.63) is 42.7 Å². The van der Waals surface area contributed by atoms with Gasteiger partial charge in [-0.2, -0.15) is 0 Å². The van der Waals surface area contributed by atoms with Gasteiger partial charge in [0.2, 0.25) is 0 Å². The minimum absolute atomic E-state index is 0.646. The minimum atomic E-state index is -0.646. The predicted octanol–water partition coefficient (Wildman–Crippen LogP) is 2.63. The average Bonchev–Trinajstić information content (AvgIpc) is 2.72. The number of benzene rings is 1. The Kier molecular flexibility index (Phi) is 5.34. The Morgan fingerprint density at radius 1 is 1.03 bits per heavy atom. The molecule has 2 N–H and O–H groups in total. The molecule has 1 aliphatic heterocycles. The molecule has 2 aromatic heterocycles. The van der Waals surface area contributed by atoms with Crippen LogP contribution in [0.2, 0.25) is 0 Å². The Morgan fingerprint density at radius 2 is 1.72 bits per heavy atom. The Bertz CT molecular complexity index is 975. The summed E-state index contributed by atoms with van der Waals surface area (Å²) in [5, 5.41) is 13.1. The molecule has 152 valence electrons. The summed E-state index contributed by atoms with van der Waals surface area (Å²) in [6, 6.07) is 10.5. The SMILES string of the molecule is CNc1nc(-c2ccc(N3CCN(CC(C)(C)O)CC3)cc2)cc2nccnc12. The number of nitrogens with one attached hydrogen (secondary N) is 1. The zero-order valence-corrected chi connectivity index (χ0v) is 17.3. The summed E-state index contributed by atoms with van der Waals surface area (Å²) < 4.78 is 0. The van der Waals surface area contributed by atoms with Gasteiger partial charge in [-0.15, -0.1) is 0 Å². The smallest absolute Gasteiger partial charge is 0.154 e. The second kappa shape index (κ2) is 7.93. The van der Waals surface area contributed by atoms with Crippen molar-refractivity contribution in [2.75, 3.05) is 50.0 Å². The predicted molar refractivity (Wildman–Crippen MR) is 117 cm³/mol. The van der Waals surface area contributed by atoms with Crippen molar-refractivity contribution in [3.8, 4) is 11.3 Å². The van der Waals surface area contributed by atoms with Crippen LogP contribution in [-0.2, 0) is 0 Å². The lowest BCUT2D eigenvalue weighted by molar-refractivity contribution is 0.0345. The Labute approximate surface area is 171 Å². The van der Waals surface area contributed by atoms with Crippen molar-refractivity contribution < 1.29 is 5.11 Å². The van der Waals surface area contributed by atoms with E-state index in [-0.39, 0.29) is 0 Å². The number of fused-ring (bicyclic) bond motifs is 1. The molecule has 0 radical (unpaired) electrons. The second-order valence-corrected chi connectivity index (χ2v) is 8.15. The number of rotatable bonds is 5. The summed E-state index contributed by atoms with van der Waals surface area (Å²) in [5.41, 5.74) is 4.11. The number of aromatic nitrogens is 3. The molecule has 1 fully saturated rings. The van der Waals surface area contributed by atoms with Crippen molar-refractivity contribution in [3.63, 3.8) is 0 Å². The first-order chi connectivity index (χ1) is 13.9. The van der Waals surface area contributed by atoms with E-state index in [1.807, 2.05) is 27.0 Å². The molecule has 0 aliphatic carbocycles. The largest absolute Gasteiger partial charge is 0.389 e. The van der Waals surface area contributed by atoms with Crippen LogP contribution < -0.4 is 10.2 Å². The summed E-state index contributed by atoms with van der Waals surface area (Å²) in [7, 11) is 1.85. The van der Waals surface area contributed by atoms with Crippen molar-refractivity contribution in [1.82, 2.24) is 19.9 Å². The summed E-state index contributed by atoms with van der Waals surface area (Å²) in [6.45, 7) is 8.29. The van der Waals surface area contributed by atoms with Crippen LogP contribution in [0.15, 0.2) is 42.7 Å². The van der Waals surface area contributed by atoms with E-state index in [4.69, 9.17) is 4.98 Å². The van der Waals surface area contributed by atoms with Crippen molar-refractivity contribution >= 4 is 22.5 Å². The van der Waals surface area contributed by atoms with Gasteiger partial charge >= 0.3 is 0 Å². The van der Waals surface area contributed by atoms with E-state index in [1.54, 1.807) is 12.4 Å². The highest BCUT2D eigenvalue weighted by Crippen LogP contribution is 2.27. The normalized spacial score (nSPS) is 15.7. The molecule has 7 heteroatoms. The van der Waals surface area contributed by atoms with E-state index in [2.05, 4.69) is 49.4 Å². The van der Waals surface area contributed by atoms with E-state index in [0.29, 0.717) is 6.54 Å². The van der Waals surface area contributed by atoms with E-state index >= 15 is 0 Å². The van der Waals surface area contributed by atoms with Gasteiger partial charge in [0.1, 0.15) is 5.52 Å². The third-order valence-corrected chi connectivity index (χ3v) is 5.20. The number of pyridine rings is 1. The third kappa shape index (κ3) is 4.46. The van der Waals surface area contributed by atoms with Crippen LogP contribution in [-0.4, -0.2) is 70.3 Å². The fourth-order valence-electron chi connectivity index (χ4n) is 3.85. The molecule has 0 saturated carbocycles. The lowest BCUT2D eigenvalue weighted by Gasteiger charge is -2.38. The fraction of sp³-hybridized carbons (Fsp3) is 0.409. The number of hydrogen-bond acceptors (Lipinski definition) is 7. The van der Waals surface area contributed by atoms with Crippen LogP contribution in [0.3, 0.4) is 0 Å². The van der Waals surface area contributed by atoms with Gasteiger partial charge in [-0.25, -0.2) is 9.97 Å². The molecule has 0 spiro atoms. The molecule has 0 atom stereocenters. The molecule has 29 heavy (non-hydrogen) atoms. The molecule has 0 amide bonds. The minimum Gasteiger partial charge on any atom is -0.389 e. The molecular weight excluding hydrogens is 364 g/mol. The highest BCUT2D eigenvalue weighted by Gasteiger charge is 2.22. The quantitative estimate of drug-likeness (QED) is 0.691. The van der Waals surface area contributed by atoms with E-state index in [0.717, 1.165) is 54.3 Å². The van der Waals surface area contributed by atoms with Gasteiger partial charge in [0.25, 0.3) is 0 Å². The number of piperazine rings is 1. The molecule has 1 aromatic carbocycles. The summed E-state index contributed by atoms with van der Waals surface area (Å²) in [6.07, 6.45) is 3.38. The van der Waals surface area contributed by atoms with Gasteiger partial charge in [0.15, 0.2) is 5.82 Å². The highest BCUT2D eigenvalue weighted by atomic mass is 16.3. The van der Waals surface area contributed by atoms with Gasteiger partial charge in [-0.3, -0.25) is 9.88 Å². The average molecular weight is 393 g/mol. The second-order valence-electron chi connectivity index (χ2n) is 8.15. The number of anilines is 2. The Morgan fingerprint density at radius 3 is 2.38 bits per heavy atom. The molecule has 1 saturated heterocycles. The molecule has 7 nitrogen and oxygen atoms in total. The van der Waals surface area contributed by atoms with Crippen molar-refractivity contribution in [2.24, 2.45) is 0 Å². The summed E-state index contributed by atoms with van der Waals surface area (Å²) in [5.74, 6) is 0.734. The molecule has 1 aliphatic rings. The van der Waals surface area contributed by atoms with Crippen LogP contribution >= 0.6 is 0 Å². The summed E-state index contributed by atoms with van der Waals surface area (Å²) >= 11 is 0. The molecule has 4 rings (SSSR count). The van der Waals surface area contributed by atoms with Gasteiger partial charge in [0, 0.05) is 63.4 Å². The topological polar surface area (TPSA) is 77.4 Å². The van der Waals surface area contributed by atoms with E-state index < -0.39 is 5.60 Å². The first-order valence-electron chi connectivity index (χ1n) is 10.0. The van der Waals surface area contributed by atoms with Crippen LogP contribution in [0.25, 0.3) is 22.3 Å². The lowest BCUT2D eigenvalue weighted by Crippen LogP contribution is -2.50. The van der Waals surface area contributed by atoms with Crippen LogP contribution in [0.5, 0.6) is 0 Å². The van der Waals surface area contributed by atoms with Gasteiger partial charge in [0.05, 0.1) is 16.8 Å². The van der Waals surface area contributed by atoms with Crippen LogP contribution in [0, 0.1) is 0 Å². The van der Waals surface area contributed by atoms with E-state index in [9.17, 15) is 5.11 Å². The maximum Gasteiger partial charge on any atom is 0.154 e. The number of β-amino-alcohol motifs (C(OH)–C–C–N with tert-alkyl or cyclic N) is 1. The Balaban J connectivity index is 1.50. The van der Waals surface area contributed by atoms with Crippen molar-refractivity contribution in [1.29, 1.82) is 0 Å². The standard InChI is InChI=1S/C22H28N6O/c1-22(2,29)15-27-10-12-28(13-11-27)17-6-4-16(5-7-17)18-14-19-20(21(23-3)26-18)25-9-8-24-19/h4-9,14,29H,10-13,15H2,1-3H3,(H,23,26). The molecule has 0 bridgehead atoms. The van der Waals surface area contributed by atoms with Gasteiger partial charge < -0.3 is 15.3 Å². The zero-order valence-electron chi connectivity index (χ0n) is 17.3. The number of aliphatic hydroxyl groups is 1. The molecular formula is C22H28N6O. The van der Waals surface area contributed by atoms with Crippen LogP contribution in [0.4, 0.5) is 11.5 Å². The third-order valence-electron chi connectivity index (χ3n) is 5.20. The fourth-order valence-corrected chi connectivity index (χ4v) is 3.85. The molecule has 3 heterocycles. The first kappa shape index (κ1) is 19.5. The lowest BCUT2D eigenvalue weighted by atomic mass is 10.1. The molecule has 0 unspecified atom stereocenters. The maximum absolute atomic E-state index is 10.0. The highest BCUT2D eigenvalue weighted by molar-refractivity contribution is 5.88. The maximum atomic E-state index is 10.0. The van der Waals surface area contributed by atoms with Crippen molar-refractivity contribution in [2.45, 2.75) is 19.4 Å². The van der Waals surface area contributed by atoms with Gasteiger partial charge in [-0.05, 0) is 32.0 Å². The molecule has 3 aromatic rings. The van der Waals surface area contributed by atoms with E-state index in [1.165, 1.54) is 5.69 Å². The van der Waals surface area contributed by atoms with Crippen LogP contribution in [0.1, 0.15) is 13.8 Å². The zero-order chi connectivity index (χ0) is 20.4. The monoisotopic (exact) mass is 392 g/mol. The summed E-state index contributed by atoms with van der Waals surface area (Å²) in [4.78, 5) is 18.2. The van der Waals surface area contributed by atoms with Gasteiger partial charge in [-0.1, -0.05) is 12.1 Å². The number of hydrogen-bond donors (Lipinski definition) is 2. The Hall–Kier alpha value is -2.77. The first-order valence-corrected chi connectivity index (χ1v) is 10.0.